The van der Waals surface area contributed by atoms with Gasteiger partial charge in [0.25, 0.3) is 0 Å². The van der Waals surface area contributed by atoms with Crippen molar-refractivity contribution in [1.29, 1.82) is 0 Å². The zero-order chi connectivity index (χ0) is 14.5. The molecule has 1 unspecified atom stereocenters. The van der Waals surface area contributed by atoms with Gasteiger partial charge in [0, 0.05) is 13.0 Å². The van der Waals surface area contributed by atoms with Crippen molar-refractivity contribution in [3.05, 3.63) is 28.2 Å². The van der Waals surface area contributed by atoms with Crippen molar-refractivity contribution in [1.82, 2.24) is 5.32 Å². The number of ether oxygens (including phenoxy) is 2. The quantitative estimate of drug-likeness (QED) is 0.808. The van der Waals surface area contributed by atoms with Crippen LogP contribution in [0.4, 0.5) is 0 Å². The van der Waals surface area contributed by atoms with Gasteiger partial charge in [0.15, 0.2) is 6.10 Å². The second-order valence-corrected chi connectivity index (χ2v) is 6.21. The van der Waals surface area contributed by atoms with Gasteiger partial charge in [-0.1, -0.05) is 19.9 Å². The molecule has 110 valence electrons. The summed E-state index contributed by atoms with van der Waals surface area (Å²) in [6.45, 7) is 6.62. The number of cyclic esters (lactones) is 1. The molecule has 1 heterocycles. The minimum atomic E-state index is -0.476. The molecule has 4 nitrogen and oxygen atoms in total. The van der Waals surface area contributed by atoms with Crippen LogP contribution in [-0.4, -0.2) is 25.2 Å². The maximum absolute atomic E-state index is 11.4. The van der Waals surface area contributed by atoms with Crippen molar-refractivity contribution in [3.8, 4) is 5.75 Å². The maximum Gasteiger partial charge on any atom is 0.347 e. The van der Waals surface area contributed by atoms with Crippen molar-refractivity contribution in [2.75, 3.05) is 13.2 Å². The zero-order valence-corrected chi connectivity index (χ0v) is 13.4. The number of hydrogen-bond acceptors (Lipinski definition) is 4. The molecule has 0 aliphatic carbocycles. The van der Waals surface area contributed by atoms with Crippen LogP contribution in [0.15, 0.2) is 22.7 Å². The van der Waals surface area contributed by atoms with Crippen LogP contribution >= 0.6 is 15.9 Å². The molecule has 1 fully saturated rings. The van der Waals surface area contributed by atoms with Crippen LogP contribution in [-0.2, 0) is 16.1 Å². The molecule has 2 rings (SSSR count). The monoisotopic (exact) mass is 341 g/mol. The normalized spacial score (nSPS) is 18.4. The molecule has 1 N–H and O–H groups in total. The SMILES string of the molecule is CC(C)CNCc1ccc(OC2CCOC2=O)c(Br)c1. The third-order valence-corrected chi connectivity index (χ3v) is 3.65. The summed E-state index contributed by atoms with van der Waals surface area (Å²) in [5, 5.41) is 3.39. The topological polar surface area (TPSA) is 47.6 Å². The minimum absolute atomic E-state index is 0.278. The fourth-order valence-electron chi connectivity index (χ4n) is 1.99. The average Bonchev–Trinajstić information content (AvgIpc) is 2.78. The summed E-state index contributed by atoms with van der Waals surface area (Å²) in [6, 6.07) is 5.92. The van der Waals surface area contributed by atoms with Crippen LogP contribution in [0, 0.1) is 5.92 Å². The van der Waals surface area contributed by atoms with Crippen LogP contribution in [0.3, 0.4) is 0 Å². The lowest BCUT2D eigenvalue weighted by Crippen LogP contribution is -2.22. The number of esters is 1. The Morgan fingerprint density at radius 2 is 2.30 bits per heavy atom. The Morgan fingerprint density at radius 1 is 1.50 bits per heavy atom. The number of carbonyl (C=O) groups excluding carboxylic acids is 1. The number of halogens is 1. The van der Waals surface area contributed by atoms with E-state index in [1.807, 2.05) is 18.2 Å². The second-order valence-electron chi connectivity index (χ2n) is 5.35. The Kier molecular flexibility index (Phi) is 5.43. The van der Waals surface area contributed by atoms with Gasteiger partial charge in [-0.25, -0.2) is 4.79 Å². The highest BCUT2D eigenvalue weighted by Gasteiger charge is 2.28. The summed E-state index contributed by atoms with van der Waals surface area (Å²) in [7, 11) is 0. The highest BCUT2D eigenvalue weighted by Crippen LogP contribution is 2.28. The molecule has 0 spiro atoms. The molecule has 5 heteroatoms. The molecule has 1 atom stereocenters. The number of carbonyl (C=O) groups is 1. The predicted molar refractivity (Wildman–Crippen MR) is 80.7 cm³/mol. The Hall–Kier alpha value is -1.07. The molecule has 0 radical (unpaired) electrons. The molecule has 1 aromatic carbocycles. The third kappa shape index (κ3) is 4.21. The highest BCUT2D eigenvalue weighted by atomic mass is 79.9. The van der Waals surface area contributed by atoms with Gasteiger partial charge in [0.1, 0.15) is 5.75 Å². The number of nitrogens with one attached hydrogen (secondary N) is 1. The van der Waals surface area contributed by atoms with E-state index in [2.05, 4.69) is 35.1 Å². The van der Waals surface area contributed by atoms with Crippen molar-refractivity contribution >= 4 is 21.9 Å². The molecule has 1 saturated heterocycles. The van der Waals surface area contributed by atoms with Crippen LogP contribution in [0.1, 0.15) is 25.8 Å². The van der Waals surface area contributed by atoms with Crippen LogP contribution < -0.4 is 10.1 Å². The standard InChI is InChI=1S/C15H20BrNO3/c1-10(2)8-17-9-11-3-4-13(12(16)7-11)20-14-5-6-19-15(14)18/h3-4,7,10,14,17H,5-6,8-9H2,1-2H3. The molecular formula is C15H20BrNO3. The largest absolute Gasteiger partial charge is 0.477 e. The molecule has 0 amide bonds. The van der Waals surface area contributed by atoms with E-state index in [1.54, 1.807) is 0 Å². The first-order chi connectivity index (χ1) is 9.56. The average molecular weight is 342 g/mol. The van der Waals surface area contributed by atoms with E-state index in [4.69, 9.17) is 9.47 Å². The van der Waals surface area contributed by atoms with E-state index < -0.39 is 6.10 Å². The van der Waals surface area contributed by atoms with Gasteiger partial charge in [0.2, 0.25) is 0 Å². The van der Waals surface area contributed by atoms with Crippen LogP contribution in [0.25, 0.3) is 0 Å². The third-order valence-electron chi connectivity index (χ3n) is 3.03. The molecule has 1 aliphatic heterocycles. The number of rotatable bonds is 6. The van der Waals surface area contributed by atoms with Gasteiger partial charge in [0.05, 0.1) is 11.1 Å². The summed E-state index contributed by atoms with van der Waals surface area (Å²) in [6.07, 6.45) is 0.138. The van der Waals surface area contributed by atoms with E-state index in [-0.39, 0.29) is 5.97 Å². The maximum atomic E-state index is 11.4. The van der Waals surface area contributed by atoms with Crippen molar-refractivity contribution < 1.29 is 14.3 Å². The van der Waals surface area contributed by atoms with Crippen LogP contribution in [0.5, 0.6) is 5.75 Å². The van der Waals surface area contributed by atoms with Gasteiger partial charge in [-0.05, 0) is 46.1 Å². The van der Waals surface area contributed by atoms with Crippen molar-refractivity contribution in [3.63, 3.8) is 0 Å². The predicted octanol–water partition coefficient (Wildman–Crippen LogP) is 2.89. The molecule has 20 heavy (non-hydrogen) atoms. The summed E-state index contributed by atoms with van der Waals surface area (Å²) >= 11 is 3.49. The summed E-state index contributed by atoms with van der Waals surface area (Å²) in [4.78, 5) is 11.4. The smallest absolute Gasteiger partial charge is 0.347 e. The molecule has 0 saturated carbocycles. The Balaban J connectivity index is 1.93. The Morgan fingerprint density at radius 3 is 2.90 bits per heavy atom. The first kappa shape index (κ1) is 15.3. The second kappa shape index (κ2) is 7.09. The fourth-order valence-corrected chi connectivity index (χ4v) is 2.51. The molecule has 0 bridgehead atoms. The molecular weight excluding hydrogens is 322 g/mol. The van der Waals surface area contributed by atoms with Gasteiger partial charge >= 0.3 is 5.97 Å². The van der Waals surface area contributed by atoms with E-state index in [0.717, 1.165) is 17.6 Å². The van der Waals surface area contributed by atoms with E-state index in [1.165, 1.54) is 5.56 Å². The summed E-state index contributed by atoms with van der Waals surface area (Å²) in [5.74, 6) is 1.04. The fraction of sp³-hybridized carbons (Fsp3) is 0.533. The van der Waals surface area contributed by atoms with E-state index in [0.29, 0.717) is 24.7 Å². The van der Waals surface area contributed by atoms with Gasteiger partial charge in [-0.2, -0.15) is 0 Å². The minimum Gasteiger partial charge on any atom is -0.477 e. The molecule has 0 aromatic heterocycles. The first-order valence-corrected chi connectivity index (χ1v) is 7.68. The Labute approximate surface area is 128 Å². The summed E-state index contributed by atoms with van der Waals surface area (Å²) < 4.78 is 11.4. The summed E-state index contributed by atoms with van der Waals surface area (Å²) in [5.41, 5.74) is 1.18. The highest BCUT2D eigenvalue weighted by molar-refractivity contribution is 9.10. The van der Waals surface area contributed by atoms with E-state index >= 15 is 0 Å². The lowest BCUT2D eigenvalue weighted by molar-refractivity contribution is -0.143. The lowest BCUT2D eigenvalue weighted by atomic mass is 10.2. The Bertz CT molecular complexity index is 476. The first-order valence-electron chi connectivity index (χ1n) is 6.88. The molecule has 1 aliphatic rings. The van der Waals surface area contributed by atoms with Gasteiger partial charge < -0.3 is 14.8 Å². The van der Waals surface area contributed by atoms with E-state index in [9.17, 15) is 4.79 Å². The van der Waals surface area contributed by atoms with Gasteiger partial charge in [-0.15, -0.1) is 0 Å². The number of benzene rings is 1. The van der Waals surface area contributed by atoms with Crippen molar-refractivity contribution in [2.45, 2.75) is 32.9 Å². The van der Waals surface area contributed by atoms with Crippen LogP contribution in [0.2, 0.25) is 0 Å². The molecule has 1 aromatic rings. The van der Waals surface area contributed by atoms with Gasteiger partial charge in [-0.3, -0.25) is 0 Å². The number of hydrogen-bond donors (Lipinski definition) is 1. The van der Waals surface area contributed by atoms with Crippen molar-refractivity contribution in [2.24, 2.45) is 5.92 Å². The zero-order valence-electron chi connectivity index (χ0n) is 11.8. The lowest BCUT2D eigenvalue weighted by Gasteiger charge is -2.13.